The molecule has 2 atom stereocenters. The Bertz CT molecular complexity index is 169. The fourth-order valence-corrected chi connectivity index (χ4v) is 1.55. The Morgan fingerprint density at radius 2 is 2.00 bits per heavy atom. The smallest absolute Gasteiger partial charge is 0.379 e. The van der Waals surface area contributed by atoms with E-state index in [1.54, 1.807) is 0 Å². The molecule has 16 heavy (non-hydrogen) atoms. The fourth-order valence-electron chi connectivity index (χ4n) is 1.32. The van der Waals surface area contributed by atoms with Crippen LogP contribution in [0.15, 0.2) is 0 Å². The largest absolute Gasteiger partial charge is 0.694 e. The molecule has 0 aliphatic rings. The molecule has 0 saturated heterocycles. The molecule has 2 unspecified atom stereocenters. The summed E-state index contributed by atoms with van der Waals surface area (Å²) in [6.07, 6.45) is 4.77. The third kappa shape index (κ3) is 13.7. The topological polar surface area (TPSA) is 55.8 Å². The van der Waals surface area contributed by atoms with Crippen molar-refractivity contribution in [3.05, 3.63) is 0 Å². The molecule has 6 heteroatoms. The van der Waals surface area contributed by atoms with Crippen LogP contribution < -0.4 is 0 Å². The number of ether oxygens (including phenoxy) is 1. The molecular weight excluding hydrogens is 254 g/mol. The Kier molecular flexibility index (Phi) is 18.3. The molecule has 4 nitrogen and oxygen atoms in total. The van der Waals surface area contributed by atoms with Crippen molar-refractivity contribution in [3.8, 4) is 0 Å². The summed E-state index contributed by atoms with van der Waals surface area (Å²) in [7, 11) is -2.48. The van der Waals surface area contributed by atoms with Crippen molar-refractivity contribution in [2.75, 3.05) is 19.8 Å². The van der Waals surface area contributed by atoms with Gasteiger partial charge in [-0.2, -0.15) is 0 Å². The van der Waals surface area contributed by atoms with E-state index in [4.69, 9.17) is 9.63 Å². The van der Waals surface area contributed by atoms with Crippen LogP contribution >= 0.6 is 8.25 Å². The molecule has 0 heterocycles. The first-order valence-corrected chi connectivity index (χ1v) is 6.70. The minimum atomic E-state index is -2.48. The SMILES string of the molecule is CCCCC(CC)COCCO[P+](=O)O.[K]. The van der Waals surface area contributed by atoms with E-state index in [9.17, 15) is 4.57 Å². The zero-order chi connectivity index (χ0) is 11.5. The third-order valence-electron chi connectivity index (χ3n) is 2.33. The molecule has 0 fully saturated rings. The van der Waals surface area contributed by atoms with Crippen LogP contribution in [0.25, 0.3) is 0 Å². The summed E-state index contributed by atoms with van der Waals surface area (Å²) >= 11 is 0. The van der Waals surface area contributed by atoms with Gasteiger partial charge in [0, 0.05) is 62.6 Å². The van der Waals surface area contributed by atoms with Crippen molar-refractivity contribution >= 4 is 59.6 Å². The van der Waals surface area contributed by atoms with Crippen LogP contribution in [0.1, 0.15) is 39.5 Å². The second-order valence-corrected chi connectivity index (χ2v) is 4.30. The van der Waals surface area contributed by atoms with E-state index in [-0.39, 0.29) is 58.0 Å². The maximum Gasteiger partial charge on any atom is 0.694 e. The summed E-state index contributed by atoms with van der Waals surface area (Å²) in [4.78, 5) is 8.35. The Labute approximate surface area is 142 Å². The maximum absolute atomic E-state index is 10.2. The van der Waals surface area contributed by atoms with E-state index in [1.807, 2.05) is 0 Å². The standard InChI is InChI=1S/C10H21O4P.K/c1-3-5-6-10(4-2)9-13-7-8-14-15(11)12;/h10H,3-9H2,1-2H3;/p+1. The summed E-state index contributed by atoms with van der Waals surface area (Å²) in [5.74, 6) is 0.604. The van der Waals surface area contributed by atoms with Crippen molar-refractivity contribution in [1.29, 1.82) is 0 Å². The van der Waals surface area contributed by atoms with Gasteiger partial charge in [-0.25, -0.2) is 0 Å². The summed E-state index contributed by atoms with van der Waals surface area (Å²) in [6, 6.07) is 0. The van der Waals surface area contributed by atoms with Gasteiger partial charge < -0.3 is 4.74 Å². The molecule has 0 aliphatic carbocycles. The first-order chi connectivity index (χ1) is 7.20. The average molecular weight is 276 g/mol. The third-order valence-corrected chi connectivity index (χ3v) is 2.73. The fraction of sp³-hybridized carbons (Fsp3) is 1.00. The average Bonchev–Trinajstić information content (AvgIpc) is 2.21. The summed E-state index contributed by atoms with van der Waals surface area (Å²) in [5, 5.41) is 0. The summed E-state index contributed by atoms with van der Waals surface area (Å²) in [6.45, 7) is 5.65. The molecule has 0 bridgehead atoms. The first kappa shape index (κ1) is 19.9. The molecule has 1 radical (unpaired) electrons. The van der Waals surface area contributed by atoms with Gasteiger partial charge in [0.2, 0.25) is 0 Å². The van der Waals surface area contributed by atoms with Gasteiger partial charge in [-0.3, -0.25) is 0 Å². The van der Waals surface area contributed by atoms with Crippen molar-refractivity contribution in [1.82, 2.24) is 0 Å². The van der Waals surface area contributed by atoms with E-state index in [0.717, 1.165) is 13.0 Å². The second-order valence-electron chi connectivity index (χ2n) is 3.56. The van der Waals surface area contributed by atoms with Gasteiger partial charge in [0.1, 0.15) is 6.61 Å². The predicted molar refractivity (Wildman–Crippen MR) is 65.7 cm³/mol. The van der Waals surface area contributed by atoms with Gasteiger partial charge in [-0.05, 0) is 12.3 Å². The molecule has 0 amide bonds. The van der Waals surface area contributed by atoms with Gasteiger partial charge in [-0.1, -0.05) is 33.1 Å². The first-order valence-electron chi connectivity index (χ1n) is 5.57. The Morgan fingerprint density at radius 1 is 1.31 bits per heavy atom. The van der Waals surface area contributed by atoms with Crippen molar-refractivity contribution in [2.24, 2.45) is 5.92 Å². The number of hydrogen-bond donors (Lipinski definition) is 1. The molecule has 0 saturated carbocycles. The van der Waals surface area contributed by atoms with Crippen molar-refractivity contribution in [3.63, 3.8) is 0 Å². The molecule has 1 N–H and O–H groups in total. The van der Waals surface area contributed by atoms with Crippen LogP contribution in [0.2, 0.25) is 0 Å². The molecule has 0 spiro atoms. The van der Waals surface area contributed by atoms with Crippen LogP contribution in [0, 0.1) is 5.92 Å². The minimum Gasteiger partial charge on any atom is -0.379 e. The zero-order valence-corrected chi connectivity index (χ0v) is 14.7. The molecule has 0 rings (SSSR count). The van der Waals surface area contributed by atoms with Crippen LogP contribution in [0.5, 0.6) is 0 Å². The van der Waals surface area contributed by atoms with E-state index >= 15 is 0 Å². The summed E-state index contributed by atoms with van der Waals surface area (Å²) < 4.78 is 20.0. The van der Waals surface area contributed by atoms with Gasteiger partial charge >= 0.3 is 8.25 Å². The van der Waals surface area contributed by atoms with Gasteiger partial charge in [0.25, 0.3) is 0 Å². The molecule has 91 valence electrons. The van der Waals surface area contributed by atoms with Crippen LogP contribution in [0.3, 0.4) is 0 Å². The monoisotopic (exact) mass is 276 g/mol. The normalized spacial score (nSPS) is 13.1. The zero-order valence-electron chi connectivity index (χ0n) is 10.6. The van der Waals surface area contributed by atoms with Gasteiger partial charge in [0.15, 0.2) is 0 Å². The van der Waals surface area contributed by atoms with Crippen LogP contribution in [0.4, 0.5) is 0 Å². The molecule has 0 aromatic rings. The maximum atomic E-state index is 10.2. The number of rotatable bonds is 10. The van der Waals surface area contributed by atoms with Gasteiger partial charge in [-0.15, -0.1) is 9.42 Å². The Morgan fingerprint density at radius 3 is 2.50 bits per heavy atom. The molecule has 0 aromatic carbocycles. The van der Waals surface area contributed by atoms with Gasteiger partial charge in [0.05, 0.1) is 6.61 Å². The minimum absolute atomic E-state index is 0. The molecule has 0 aliphatic heterocycles. The number of hydrogen-bond acceptors (Lipinski definition) is 3. The van der Waals surface area contributed by atoms with Crippen molar-refractivity contribution in [2.45, 2.75) is 39.5 Å². The molecular formula is C10H22KO4P+. The summed E-state index contributed by atoms with van der Waals surface area (Å²) in [5.41, 5.74) is 0. The van der Waals surface area contributed by atoms with E-state index in [0.29, 0.717) is 12.5 Å². The Hall–Kier alpha value is 1.62. The van der Waals surface area contributed by atoms with E-state index in [1.165, 1.54) is 19.3 Å². The van der Waals surface area contributed by atoms with Crippen LogP contribution in [-0.4, -0.2) is 76.1 Å². The Balaban J connectivity index is 0. The van der Waals surface area contributed by atoms with Crippen LogP contribution in [-0.2, 0) is 13.8 Å². The number of unbranched alkanes of at least 4 members (excludes halogenated alkanes) is 1. The van der Waals surface area contributed by atoms with E-state index in [2.05, 4.69) is 18.4 Å². The van der Waals surface area contributed by atoms with Crippen molar-refractivity contribution < 1.29 is 18.7 Å². The quantitative estimate of drug-likeness (QED) is 0.378. The molecule has 0 aromatic heterocycles. The second kappa shape index (κ2) is 14.7. The van der Waals surface area contributed by atoms with E-state index < -0.39 is 8.25 Å². The predicted octanol–water partition coefficient (Wildman–Crippen LogP) is 2.50.